The molecule has 0 bridgehead atoms. The molecule has 32 heavy (non-hydrogen) atoms. The molecule has 0 fully saturated rings. The minimum absolute atomic E-state index is 0.247. The van der Waals surface area contributed by atoms with Gasteiger partial charge < -0.3 is 20.1 Å². The van der Waals surface area contributed by atoms with Crippen molar-refractivity contribution in [1.29, 1.82) is 0 Å². The number of hydrogen-bond donors (Lipinski definition) is 2. The van der Waals surface area contributed by atoms with Crippen LogP contribution in [0, 0.1) is 0 Å². The lowest BCUT2D eigenvalue weighted by Crippen LogP contribution is -2.33. The molecule has 1 unspecified atom stereocenters. The van der Waals surface area contributed by atoms with Crippen LogP contribution in [-0.4, -0.2) is 30.3 Å². The van der Waals surface area contributed by atoms with E-state index in [2.05, 4.69) is 10.1 Å². The monoisotopic (exact) mass is 448 g/mol. The Hall–Kier alpha value is -3.26. The number of aliphatic hydroxyl groups is 1. The van der Waals surface area contributed by atoms with E-state index in [1.165, 1.54) is 18.2 Å². The first-order valence-corrected chi connectivity index (χ1v) is 10.0. The number of anilines is 3. The molecule has 3 aromatic rings. The molecule has 0 aromatic heterocycles. The van der Waals surface area contributed by atoms with E-state index in [0.717, 1.165) is 17.1 Å². The van der Waals surface area contributed by atoms with Gasteiger partial charge in [-0.1, -0.05) is 36.4 Å². The Balaban J connectivity index is 1.80. The van der Waals surface area contributed by atoms with Crippen molar-refractivity contribution in [1.82, 2.24) is 0 Å². The van der Waals surface area contributed by atoms with Crippen LogP contribution in [0.25, 0.3) is 0 Å². The first kappa shape index (κ1) is 23.4. The Morgan fingerprint density at radius 2 is 1.62 bits per heavy atom. The zero-order valence-electron chi connectivity index (χ0n) is 17.4. The summed E-state index contributed by atoms with van der Waals surface area (Å²) in [6.45, 7) is 2.16. The van der Waals surface area contributed by atoms with E-state index in [1.807, 2.05) is 59.5 Å². The topological polar surface area (TPSA) is 44.7 Å². The first-order chi connectivity index (χ1) is 15.2. The maximum Gasteiger partial charge on any atom is 0.461 e. The summed E-state index contributed by atoms with van der Waals surface area (Å²) in [6, 6.07) is 22.8. The quantitative estimate of drug-likeness (QED) is 0.371. The van der Waals surface area contributed by atoms with Crippen LogP contribution >= 0.6 is 0 Å². The molecule has 3 aromatic carbocycles. The molecule has 0 saturated heterocycles. The van der Waals surface area contributed by atoms with Crippen molar-refractivity contribution in [2.75, 3.05) is 16.8 Å². The molecule has 170 valence electrons. The average Bonchev–Trinajstić information content (AvgIpc) is 2.74. The maximum absolute atomic E-state index is 13.3. The van der Waals surface area contributed by atoms with Crippen LogP contribution < -0.4 is 15.0 Å². The van der Waals surface area contributed by atoms with Crippen molar-refractivity contribution in [3.8, 4) is 5.75 Å². The Labute approximate surface area is 184 Å². The second-order valence-electron chi connectivity index (χ2n) is 7.38. The van der Waals surface area contributed by atoms with Gasteiger partial charge in [0.25, 0.3) is 0 Å². The third-order valence-corrected chi connectivity index (χ3v) is 4.54. The van der Waals surface area contributed by atoms with Gasteiger partial charge in [0, 0.05) is 30.2 Å². The van der Waals surface area contributed by atoms with Crippen LogP contribution in [0.15, 0.2) is 78.9 Å². The van der Waals surface area contributed by atoms with Gasteiger partial charge in [-0.3, -0.25) is 0 Å². The van der Waals surface area contributed by atoms with E-state index in [1.54, 1.807) is 13.0 Å². The number of hydrogen-bond acceptors (Lipinski definition) is 4. The van der Waals surface area contributed by atoms with Crippen molar-refractivity contribution < 1.29 is 27.4 Å². The van der Waals surface area contributed by atoms with E-state index in [0.29, 0.717) is 5.56 Å². The molecule has 0 aliphatic carbocycles. The van der Waals surface area contributed by atoms with Gasteiger partial charge >= 0.3 is 12.5 Å². The molecule has 0 aliphatic heterocycles. The van der Waals surface area contributed by atoms with Gasteiger partial charge in [0.1, 0.15) is 5.75 Å². The summed E-state index contributed by atoms with van der Waals surface area (Å²) in [5.74, 6) is -0.357. The molecule has 0 aliphatic rings. The second kappa shape index (κ2) is 10.4. The van der Waals surface area contributed by atoms with Gasteiger partial charge in [-0.05, 0) is 55.0 Å². The summed E-state index contributed by atoms with van der Waals surface area (Å²) >= 11 is 0. The molecule has 8 heteroatoms. The molecular formula is C24H24F4N2O2. The highest BCUT2D eigenvalue weighted by Crippen LogP contribution is 2.29. The number of halogens is 4. The number of nitrogens with zero attached hydrogens (tertiary/aromatic N) is 1. The standard InChI is InChI=1S/C24H24F4N2O2/c1-17(31)15-30(16-18-7-5-12-22(13-18)32-24(27,28)23(25)26)21-11-6-10-20(14-21)29-19-8-3-2-4-9-19/h2-14,17,23,29,31H,15-16H2,1H3. The molecule has 1 atom stereocenters. The zero-order chi connectivity index (χ0) is 23.1. The molecule has 3 rings (SSSR count). The third kappa shape index (κ3) is 6.62. The average molecular weight is 448 g/mol. The number of nitrogens with one attached hydrogen (secondary N) is 1. The summed E-state index contributed by atoms with van der Waals surface area (Å²) in [6.07, 6.45) is -9.17. The predicted molar refractivity (Wildman–Crippen MR) is 117 cm³/mol. The van der Waals surface area contributed by atoms with Crippen molar-refractivity contribution in [2.45, 2.75) is 32.1 Å². The summed E-state index contributed by atoms with van der Waals surface area (Å²) in [4.78, 5) is 1.87. The first-order valence-electron chi connectivity index (χ1n) is 10.0. The number of alkyl halides is 4. The molecule has 0 radical (unpaired) electrons. The van der Waals surface area contributed by atoms with Crippen LogP contribution in [0.3, 0.4) is 0 Å². The number of ether oxygens (including phenoxy) is 1. The highest BCUT2D eigenvalue weighted by molar-refractivity contribution is 5.65. The molecule has 0 saturated carbocycles. The van der Waals surface area contributed by atoms with Gasteiger partial charge in [-0.2, -0.15) is 17.6 Å². The fourth-order valence-electron chi connectivity index (χ4n) is 3.18. The van der Waals surface area contributed by atoms with E-state index in [9.17, 15) is 22.7 Å². The molecule has 4 nitrogen and oxygen atoms in total. The molecule has 2 N–H and O–H groups in total. The Bertz CT molecular complexity index is 1000. The fourth-order valence-corrected chi connectivity index (χ4v) is 3.18. The minimum Gasteiger partial charge on any atom is -0.428 e. The van der Waals surface area contributed by atoms with Crippen LogP contribution in [0.1, 0.15) is 12.5 Å². The van der Waals surface area contributed by atoms with Crippen LogP contribution in [0.5, 0.6) is 5.75 Å². The molecule has 0 spiro atoms. The molecule has 0 amide bonds. The van der Waals surface area contributed by atoms with E-state index in [4.69, 9.17) is 0 Å². The van der Waals surface area contributed by atoms with Gasteiger partial charge in [-0.25, -0.2) is 0 Å². The van der Waals surface area contributed by atoms with Crippen LogP contribution in [0.4, 0.5) is 34.6 Å². The minimum atomic E-state index is -4.57. The largest absolute Gasteiger partial charge is 0.461 e. The maximum atomic E-state index is 13.3. The van der Waals surface area contributed by atoms with Gasteiger partial charge in [0.05, 0.1) is 6.10 Å². The van der Waals surface area contributed by atoms with E-state index in [-0.39, 0.29) is 18.8 Å². The number of para-hydroxylation sites is 1. The Kier molecular flexibility index (Phi) is 7.58. The summed E-state index contributed by atoms with van der Waals surface area (Å²) in [5.41, 5.74) is 3.10. The molecular weight excluding hydrogens is 424 g/mol. The third-order valence-electron chi connectivity index (χ3n) is 4.54. The van der Waals surface area contributed by atoms with Crippen LogP contribution in [0.2, 0.25) is 0 Å². The summed E-state index contributed by atoms with van der Waals surface area (Å²) in [5, 5.41) is 13.3. The number of rotatable bonds is 10. The van der Waals surface area contributed by atoms with Gasteiger partial charge in [0.15, 0.2) is 0 Å². The van der Waals surface area contributed by atoms with Crippen molar-refractivity contribution in [2.24, 2.45) is 0 Å². The summed E-state index contributed by atoms with van der Waals surface area (Å²) in [7, 11) is 0. The second-order valence-corrected chi connectivity index (χ2v) is 7.38. The normalized spacial score (nSPS) is 12.5. The Morgan fingerprint density at radius 1 is 0.938 bits per heavy atom. The van der Waals surface area contributed by atoms with E-state index >= 15 is 0 Å². The van der Waals surface area contributed by atoms with Crippen LogP contribution in [-0.2, 0) is 6.54 Å². The molecule has 0 heterocycles. The predicted octanol–water partition coefficient (Wildman–Crippen LogP) is 6.05. The number of aliphatic hydroxyl groups excluding tert-OH is 1. The van der Waals surface area contributed by atoms with Crippen molar-refractivity contribution in [3.05, 3.63) is 84.4 Å². The van der Waals surface area contributed by atoms with E-state index < -0.39 is 18.6 Å². The zero-order valence-corrected chi connectivity index (χ0v) is 17.4. The highest BCUT2D eigenvalue weighted by Gasteiger charge is 2.44. The SMILES string of the molecule is CC(O)CN(Cc1cccc(OC(F)(F)C(F)F)c1)c1cccc(Nc2ccccc2)c1. The smallest absolute Gasteiger partial charge is 0.428 e. The lowest BCUT2D eigenvalue weighted by Gasteiger charge is -2.27. The fraction of sp³-hybridized carbons (Fsp3) is 0.250. The van der Waals surface area contributed by atoms with Crippen molar-refractivity contribution >= 4 is 17.1 Å². The number of benzene rings is 3. The summed E-state index contributed by atoms with van der Waals surface area (Å²) < 4.78 is 55.6. The lowest BCUT2D eigenvalue weighted by molar-refractivity contribution is -0.253. The van der Waals surface area contributed by atoms with Gasteiger partial charge in [0.2, 0.25) is 0 Å². The Morgan fingerprint density at radius 3 is 2.31 bits per heavy atom. The lowest BCUT2D eigenvalue weighted by atomic mass is 10.1. The highest BCUT2D eigenvalue weighted by atomic mass is 19.3. The van der Waals surface area contributed by atoms with Gasteiger partial charge in [-0.15, -0.1) is 0 Å². The van der Waals surface area contributed by atoms with Crippen molar-refractivity contribution in [3.63, 3.8) is 0 Å².